The Morgan fingerprint density at radius 1 is 1.47 bits per heavy atom. The molecule has 1 aromatic rings. The summed E-state index contributed by atoms with van der Waals surface area (Å²) >= 11 is 0. The largest absolute Gasteiger partial charge is 0.505 e. The third-order valence-electron chi connectivity index (χ3n) is 3.35. The van der Waals surface area contributed by atoms with Crippen LogP contribution in [0.2, 0.25) is 0 Å². The lowest BCUT2D eigenvalue weighted by Crippen LogP contribution is -2.45. The molecule has 17 heavy (non-hydrogen) atoms. The Bertz CT molecular complexity index is 451. The van der Waals surface area contributed by atoms with E-state index in [2.05, 4.69) is 5.32 Å². The Labute approximate surface area is 101 Å². The van der Waals surface area contributed by atoms with Crippen molar-refractivity contribution in [3.05, 3.63) is 23.8 Å². The average Bonchev–Trinajstić information content (AvgIpc) is 3.04. The Morgan fingerprint density at radius 3 is 2.71 bits per heavy atom. The molecule has 0 aromatic heterocycles. The van der Waals surface area contributed by atoms with Crippen LogP contribution in [0.15, 0.2) is 18.2 Å². The van der Waals surface area contributed by atoms with E-state index in [9.17, 15) is 9.90 Å². The van der Waals surface area contributed by atoms with Crippen LogP contribution in [-0.2, 0) is 0 Å². The second-order valence-corrected chi connectivity index (χ2v) is 5.19. The molecule has 1 fully saturated rings. The summed E-state index contributed by atoms with van der Waals surface area (Å²) in [5.74, 6) is 0.123. The van der Waals surface area contributed by atoms with Gasteiger partial charge < -0.3 is 16.2 Å². The first-order valence-electron chi connectivity index (χ1n) is 5.82. The molecule has 92 valence electrons. The highest BCUT2D eigenvalue weighted by Crippen LogP contribution is 2.39. The number of hydrogen-bond donors (Lipinski definition) is 3. The molecule has 1 amide bonds. The predicted octanol–water partition coefficient (Wildman–Crippen LogP) is 1.89. The Balaban J connectivity index is 2.17. The predicted molar refractivity (Wildman–Crippen MR) is 66.8 cm³/mol. The fourth-order valence-electron chi connectivity index (χ4n) is 2.01. The lowest BCUT2D eigenvalue weighted by molar-refractivity contribution is 0.0900. The van der Waals surface area contributed by atoms with Crippen molar-refractivity contribution < 1.29 is 9.90 Å². The SMILES string of the molecule is CC(C)(NC(=O)c1cccc(N)c1O)C1CC1. The van der Waals surface area contributed by atoms with Crippen LogP contribution in [-0.4, -0.2) is 16.6 Å². The number of rotatable bonds is 3. The second-order valence-electron chi connectivity index (χ2n) is 5.19. The van der Waals surface area contributed by atoms with Gasteiger partial charge in [0.1, 0.15) is 0 Å². The topological polar surface area (TPSA) is 75.4 Å². The van der Waals surface area contributed by atoms with Crippen LogP contribution >= 0.6 is 0 Å². The second kappa shape index (κ2) is 3.95. The number of phenols is 1. The van der Waals surface area contributed by atoms with Crippen molar-refractivity contribution in [1.29, 1.82) is 0 Å². The first-order valence-corrected chi connectivity index (χ1v) is 5.82. The highest BCUT2D eigenvalue weighted by Gasteiger charge is 2.39. The van der Waals surface area contributed by atoms with E-state index >= 15 is 0 Å². The van der Waals surface area contributed by atoms with E-state index in [0.717, 1.165) is 12.8 Å². The lowest BCUT2D eigenvalue weighted by atomic mass is 9.98. The molecule has 0 aliphatic heterocycles. The van der Waals surface area contributed by atoms with Crippen molar-refractivity contribution >= 4 is 11.6 Å². The summed E-state index contributed by atoms with van der Waals surface area (Å²) in [7, 11) is 0. The van der Waals surface area contributed by atoms with E-state index in [1.54, 1.807) is 18.2 Å². The minimum absolute atomic E-state index is 0.142. The monoisotopic (exact) mass is 234 g/mol. The molecule has 0 heterocycles. The summed E-state index contributed by atoms with van der Waals surface area (Å²) in [5.41, 5.74) is 5.80. The van der Waals surface area contributed by atoms with Gasteiger partial charge in [-0.1, -0.05) is 6.07 Å². The van der Waals surface area contributed by atoms with E-state index in [-0.39, 0.29) is 28.4 Å². The number of carbonyl (C=O) groups excluding carboxylic acids is 1. The quantitative estimate of drug-likeness (QED) is 0.552. The maximum atomic E-state index is 12.0. The molecule has 0 unspecified atom stereocenters. The van der Waals surface area contributed by atoms with E-state index < -0.39 is 0 Å². The third-order valence-corrected chi connectivity index (χ3v) is 3.35. The number of phenolic OH excluding ortho intramolecular Hbond substituents is 1. The molecule has 0 bridgehead atoms. The van der Waals surface area contributed by atoms with Gasteiger partial charge in [0.25, 0.3) is 5.91 Å². The van der Waals surface area contributed by atoms with Crippen LogP contribution in [0.25, 0.3) is 0 Å². The summed E-state index contributed by atoms with van der Waals surface area (Å²) in [4.78, 5) is 12.0. The number of anilines is 1. The van der Waals surface area contributed by atoms with Crippen LogP contribution < -0.4 is 11.1 Å². The Hall–Kier alpha value is -1.71. The third kappa shape index (κ3) is 2.35. The number of aromatic hydroxyl groups is 1. The normalized spacial score (nSPS) is 15.6. The Kier molecular flexibility index (Phi) is 2.73. The molecule has 0 atom stereocenters. The van der Waals surface area contributed by atoms with Crippen molar-refractivity contribution in [3.8, 4) is 5.75 Å². The van der Waals surface area contributed by atoms with Crippen LogP contribution in [0, 0.1) is 5.92 Å². The number of nitrogens with one attached hydrogen (secondary N) is 1. The molecule has 0 spiro atoms. The standard InChI is InChI=1S/C13H18N2O2/c1-13(2,8-6-7-8)15-12(17)9-4-3-5-10(14)11(9)16/h3-5,8,16H,6-7,14H2,1-2H3,(H,15,17). The number of para-hydroxylation sites is 1. The molecule has 0 radical (unpaired) electrons. The van der Waals surface area contributed by atoms with E-state index in [0.29, 0.717) is 5.92 Å². The van der Waals surface area contributed by atoms with Crippen molar-refractivity contribution in [1.82, 2.24) is 5.32 Å². The molecule has 4 N–H and O–H groups in total. The van der Waals surface area contributed by atoms with Crippen molar-refractivity contribution in [2.45, 2.75) is 32.2 Å². The maximum absolute atomic E-state index is 12.0. The van der Waals surface area contributed by atoms with Gasteiger partial charge >= 0.3 is 0 Å². The summed E-state index contributed by atoms with van der Waals surface area (Å²) in [5, 5.41) is 12.7. The van der Waals surface area contributed by atoms with Gasteiger partial charge in [0, 0.05) is 5.54 Å². The number of hydrogen-bond acceptors (Lipinski definition) is 3. The minimum atomic E-state index is -0.272. The van der Waals surface area contributed by atoms with Gasteiger partial charge in [0.15, 0.2) is 5.75 Å². The van der Waals surface area contributed by atoms with E-state index in [1.807, 2.05) is 13.8 Å². The number of amides is 1. The fraction of sp³-hybridized carbons (Fsp3) is 0.462. The van der Waals surface area contributed by atoms with Gasteiger partial charge in [-0.2, -0.15) is 0 Å². The van der Waals surface area contributed by atoms with Crippen molar-refractivity contribution in [2.75, 3.05) is 5.73 Å². The molecule has 1 saturated carbocycles. The first kappa shape index (κ1) is 11.8. The molecular weight excluding hydrogens is 216 g/mol. The fourth-order valence-corrected chi connectivity index (χ4v) is 2.01. The molecule has 0 saturated heterocycles. The molecule has 4 nitrogen and oxygen atoms in total. The number of nitrogens with two attached hydrogens (primary N) is 1. The van der Waals surface area contributed by atoms with E-state index in [1.165, 1.54) is 0 Å². The zero-order valence-electron chi connectivity index (χ0n) is 10.2. The van der Waals surface area contributed by atoms with Gasteiger partial charge in [0.2, 0.25) is 0 Å². The van der Waals surface area contributed by atoms with Crippen LogP contribution in [0.3, 0.4) is 0 Å². The summed E-state index contributed by atoms with van der Waals surface area (Å²) in [6, 6.07) is 4.80. The van der Waals surface area contributed by atoms with Crippen molar-refractivity contribution in [2.24, 2.45) is 5.92 Å². The average molecular weight is 234 g/mol. The molecule has 2 rings (SSSR count). The van der Waals surface area contributed by atoms with Gasteiger partial charge in [-0.05, 0) is 44.7 Å². The van der Waals surface area contributed by atoms with Crippen LogP contribution in [0.1, 0.15) is 37.0 Å². The number of nitrogen functional groups attached to an aromatic ring is 1. The van der Waals surface area contributed by atoms with E-state index in [4.69, 9.17) is 5.73 Å². The molecule has 1 aliphatic rings. The van der Waals surface area contributed by atoms with Gasteiger partial charge in [-0.15, -0.1) is 0 Å². The number of benzene rings is 1. The molecule has 1 aromatic carbocycles. The highest BCUT2D eigenvalue weighted by atomic mass is 16.3. The number of carbonyl (C=O) groups is 1. The van der Waals surface area contributed by atoms with Gasteiger partial charge in [-0.25, -0.2) is 0 Å². The Morgan fingerprint density at radius 2 is 2.12 bits per heavy atom. The zero-order chi connectivity index (χ0) is 12.6. The highest BCUT2D eigenvalue weighted by molar-refractivity contribution is 5.98. The minimum Gasteiger partial charge on any atom is -0.505 e. The molecule has 4 heteroatoms. The first-order chi connectivity index (χ1) is 7.92. The van der Waals surface area contributed by atoms with Gasteiger partial charge in [-0.3, -0.25) is 4.79 Å². The van der Waals surface area contributed by atoms with Gasteiger partial charge in [0.05, 0.1) is 11.3 Å². The molecule has 1 aliphatic carbocycles. The molecular formula is C13H18N2O2. The summed E-state index contributed by atoms with van der Waals surface area (Å²) in [6.07, 6.45) is 2.30. The summed E-state index contributed by atoms with van der Waals surface area (Å²) in [6.45, 7) is 4.01. The maximum Gasteiger partial charge on any atom is 0.255 e. The lowest BCUT2D eigenvalue weighted by Gasteiger charge is -2.26. The smallest absolute Gasteiger partial charge is 0.255 e. The van der Waals surface area contributed by atoms with Crippen molar-refractivity contribution in [3.63, 3.8) is 0 Å². The zero-order valence-corrected chi connectivity index (χ0v) is 10.2. The van der Waals surface area contributed by atoms with Crippen LogP contribution in [0.5, 0.6) is 5.75 Å². The summed E-state index contributed by atoms with van der Waals surface area (Å²) < 4.78 is 0. The van der Waals surface area contributed by atoms with Crippen LogP contribution in [0.4, 0.5) is 5.69 Å².